The van der Waals surface area contributed by atoms with Gasteiger partial charge in [0.1, 0.15) is 6.61 Å². The van der Waals surface area contributed by atoms with Crippen LogP contribution in [0.3, 0.4) is 0 Å². The molecule has 1 heterocycles. The molecule has 0 atom stereocenters. The second-order valence-corrected chi connectivity index (χ2v) is 7.02. The lowest BCUT2D eigenvalue weighted by Gasteiger charge is -2.04. The fraction of sp³-hybridized carbons (Fsp3) is 0.353. The van der Waals surface area contributed by atoms with Gasteiger partial charge in [0.05, 0.1) is 6.61 Å². The molecule has 0 aliphatic carbocycles. The minimum atomic E-state index is -0.398. The summed E-state index contributed by atoms with van der Waals surface area (Å²) in [7, 11) is 0. The first-order valence-corrected chi connectivity index (χ1v) is 9.50. The van der Waals surface area contributed by atoms with E-state index in [1.807, 2.05) is 30.3 Å². The molecule has 1 aromatic heterocycles. The molecule has 0 aliphatic heterocycles. The molecule has 0 fully saturated rings. The summed E-state index contributed by atoms with van der Waals surface area (Å²) in [5.41, 5.74) is 1.32. The number of nitrogens with zero attached hydrogens (tertiary/aromatic N) is 1. The van der Waals surface area contributed by atoms with E-state index in [0.717, 1.165) is 15.7 Å². The highest BCUT2D eigenvalue weighted by atomic mass is 32.2. The third-order valence-corrected chi connectivity index (χ3v) is 5.07. The third-order valence-electron chi connectivity index (χ3n) is 2.96. The van der Waals surface area contributed by atoms with Crippen LogP contribution in [0.25, 0.3) is 0 Å². The summed E-state index contributed by atoms with van der Waals surface area (Å²) in [4.78, 5) is 27.4. The molecule has 0 amide bonds. The zero-order valence-electron chi connectivity index (χ0n) is 13.4. The molecule has 24 heavy (non-hydrogen) atoms. The Morgan fingerprint density at radius 2 is 2.00 bits per heavy atom. The lowest BCUT2D eigenvalue weighted by Crippen LogP contribution is -2.05. The maximum Gasteiger partial charge on any atom is 0.357 e. The minimum absolute atomic E-state index is 0.203. The Hall–Kier alpha value is -1.86. The number of hydrogen-bond acceptors (Lipinski definition) is 7. The number of thiazole rings is 1. The zero-order chi connectivity index (χ0) is 17.2. The van der Waals surface area contributed by atoms with Crippen molar-refractivity contribution in [3.05, 3.63) is 47.0 Å². The number of aromatic nitrogens is 1. The summed E-state index contributed by atoms with van der Waals surface area (Å²) in [6.45, 7) is 2.41. The quantitative estimate of drug-likeness (QED) is 0.381. The molecule has 7 heteroatoms. The number of hydrogen-bond donors (Lipinski definition) is 0. The highest BCUT2D eigenvalue weighted by molar-refractivity contribution is 8.01. The summed E-state index contributed by atoms with van der Waals surface area (Å²) in [6.07, 6.45) is 1.07. The molecular weight excluding hydrogens is 346 g/mol. The van der Waals surface area contributed by atoms with E-state index in [0.29, 0.717) is 31.7 Å². The second-order valence-electron chi connectivity index (χ2n) is 4.82. The van der Waals surface area contributed by atoms with Crippen molar-refractivity contribution in [2.75, 3.05) is 12.4 Å². The number of carbonyl (C=O) groups excluding carboxylic acids is 2. The summed E-state index contributed by atoms with van der Waals surface area (Å²) in [5.74, 6) is 0.145. The SMILES string of the molecule is CCOC(=O)c1csc(SCCCC(=O)OCc2ccccc2)n1. The van der Waals surface area contributed by atoms with Crippen LogP contribution in [0.1, 0.15) is 35.8 Å². The summed E-state index contributed by atoms with van der Waals surface area (Å²) in [6, 6.07) is 9.60. The van der Waals surface area contributed by atoms with Gasteiger partial charge in [0.15, 0.2) is 10.0 Å². The molecule has 0 saturated heterocycles. The van der Waals surface area contributed by atoms with Crippen LogP contribution in [0.15, 0.2) is 40.1 Å². The first-order chi connectivity index (χ1) is 11.7. The van der Waals surface area contributed by atoms with Gasteiger partial charge in [0, 0.05) is 17.6 Å². The Labute approximate surface area is 149 Å². The fourth-order valence-electron chi connectivity index (χ4n) is 1.81. The Kier molecular flexibility index (Phi) is 7.77. The van der Waals surface area contributed by atoms with Crippen molar-refractivity contribution in [1.29, 1.82) is 0 Å². The van der Waals surface area contributed by atoms with Crippen molar-refractivity contribution in [2.45, 2.75) is 30.7 Å². The van der Waals surface area contributed by atoms with E-state index in [1.54, 1.807) is 12.3 Å². The molecule has 0 bridgehead atoms. The molecule has 0 N–H and O–H groups in total. The fourth-order valence-corrected chi connectivity index (χ4v) is 3.61. The highest BCUT2D eigenvalue weighted by Crippen LogP contribution is 2.24. The number of rotatable bonds is 9. The Bertz CT molecular complexity index is 658. The third kappa shape index (κ3) is 6.33. The van der Waals surface area contributed by atoms with Gasteiger partial charge in [-0.2, -0.15) is 0 Å². The molecule has 0 unspecified atom stereocenters. The number of esters is 2. The van der Waals surface area contributed by atoms with E-state index in [2.05, 4.69) is 4.98 Å². The van der Waals surface area contributed by atoms with Gasteiger partial charge in [-0.05, 0) is 18.9 Å². The van der Waals surface area contributed by atoms with Crippen LogP contribution in [0.4, 0.5) is 0 Å². The van der Waals surface area contributed by atoms with E-state index in [-0.39, 0.29) is 5.97 Å². The monoisotopic (exact) mass is 365 g/mol. The van der Waals surface area contributed by atoms with E-state index < -0.39 is 5.97 Å². The van der Waals surface area contributed by atoms with Crippen molar-refractivity contribution < 1.29 is 19.1 Å². The number of thioether (sulfide) groups is 1. The predicted octanol–water partition coefficient (Wildman–Crippen LogP) is 3.94. The summed E-state index contributed by atoms with van der Waals surface area (Å²) >= 11 is 2.93. The van der Waals surface area contributed by atoms with Gasteiger partial charge in [0.2, 0.25) is 0 Å². The second kappa shape index (κ2) is 10.1. The Morgan fingerprint density at radius 1 is 1.21 bits per heavy atom. The van der Waals surface area contributed by atoms with E-state index >= 15 is 0 Å². The number of benzene rings is 1. The average molecular weight is 365 g/mol. The molecule has 128 valence electrons. The van der Waals surface area contributed by atoms with Crippen LogP contribution in [0.5, 0.6) is 0 Å². The maximum atomic E-state index is 11.7. The minimum Gasteiger partial charge on any atom is -0.461 e. The molecule has 0 radical (unpaired) electrons. The summed E-state index contributed by atoms with van der Waals surface area (Å²) in [5, 5.41) is 1.69. The Morgan fingerprint density at radius 3 is 2.75 bits per heavy atom. The number of ether oxygens (including phenoxy) is 2. The van der Waals surface area contributed by atoms with Gasteiger partial charge in [-0.15, -0.1) is 11.3 Å². The van der Waals surface area contributed by atoms with Gasteiger partial charge in [-0.3, -0.25) is 4.79 Å². The average Bonchev–Trinajstić information content (AvgIpc) is 3.07. The maximum absolute atomic E-state index is 11.7. The van der Waals surface area contributed by atoms with Crippen LogP contribution in [-0.4, -0.2) is 29.3 Å². The van der Waals surface area contributed by atoms with Crippen LogP contribution in [0, 0.1) is 0 Å². The zero-order valence-corrected chi connectivity index (χ0v) is 15.0. The van der Waals surface area contributed by atoms with Crippen molar-refractivity contribution in [3.8, 4) is 0 Å². The lowest BCUT2D eigenvalue weighted by molar-refractivity contribution is -0.144. The van der Waals surface area contributed by atoms with Gasteiger partial charge >= 0.3 is 11.9 Å². The van der Waals surface area contributed by atoms with Crippen LogP contribution in [-0.2, 0) is 20.9 Å². The van der Waals surface area contributed by atoms with Crippen LogP contribution < -0.4 is 0 Å². The van der Waals surface area contributed by atoms with Crippen molar-refractivity contribution >= 4 is 35.0 Å². The van der Waals surface area contributed by atoms with Crippen molar-refractivity contribution in [1.82, 2.24) is 4.98 Å². The highest BCUT2D eigenvalue weighted by Gasteiger charge is 2.12. The van der Waals surface area contributed by atoms with Gasteiger partial charge < -0.3 is 9.47 Å². The molecule has 1 aromatic carbocycles. The van der Waals surface area contributed by atoms with E-state index in [4.69, 9.17) is 9.47 Å². The van der Waals surface area contributed by atoms with Gasteiger partial charge in [-0.25, -0.2) is 9.78 Å². The molecular formula is C17H19NO4S2. The smallest absolute Gasteiger partial charge is 0.357 e. The standard InChI is InChI=1S/C17H19NO4S2/c1-2-21-16(20)14-12-24-17(18-14)23-10-6-9-15(19)22-11-13-7-4-3-5-8-13/h3-5,7-8,12H,2,6,9-11H2,1H3. The number of carbonyl (C=O) groups is 2. The molecule has 0 spiro atoms. The molecule has 2 aromatic rings. The van der Waals surface area contributed by atoms with E-state index in [9.17, 15) is 9.59 Å². The van der Waals surface area contributed by atoms with Crippen LogP contribution in [0.2, 0.25) is 0 Å². The van der Waals surface area contributed by atoms with Crippen molar-refractivity contribution in [3.63, 3.8) is 0 Å². The lowest BCUT2D eigenvalue weighted by atomic mass is 10.2. The largest absolute Gasteiger partial charge is 0.461 e. The topological polar surface area (TPSA) is 65.5 Å². The Balaban J connectivity index is 1.62. The molecule has 0 aliphatic rings. The summed E-state index contributed by atoms with van der Waals surface area (Å²) < 4.78 is 10.9. The molecule has 5 nitrogen and oxygen atoms in total. The van der Waals surface area contributed by atoms with Gasteiger partial charge in [0.25, 0.3) is 0 Å². The van der Waals surface area contributed by atoms with Crippen molar-refractivity contribution in [2.24, 2.45) is 0 Å². The first-order valence-electron chi connectivity index (χ1n) is 7.64. The van der Waals surface area contributed by atoms with Crippen LogP contribution >= 0.6 is 23.1 Å². The van der Waals surface area contributed by atoms with Gasteiger partial charge in [-0.1, -0.05) is 42.1 Å². The first kappa shape index (κ1) is 18.5. The molecule has 0 saturated carbocycles. The van der Waals surface area contributed by atoms with E-state index in [1.165, 1.54) is 23.1 Å². The molecule has 2 rings (SSSR count). The normalized spacial score (nSPS) is 10.4. The predicted molar refractivity (Wildman–Crippen MR) is 94.3 cm³/mol.